The van der Waals surface area contributed by atoms with Crippen molar-refractivity contribution in [1.82, 2.24) is 4.98 Å². The number of amides is 1. The quantitative estimate of drug-likeness (QED) is 0.887. The van der Waals surface area contributed by atoms with Crippen LogP contribution < -0.4 is 10.1 Å². The molecule has 0 fully saturated rings. The SMILES string of the molecule is COc1ccccc1CC(=O)Nc1nc(C(C)O)cs1. The van der Waals surface area contributed by atoms with E-state index in [2.05, 4.69) is 10.3 Å². The Morgan fingerprint density at radius 2 is 2.25 bits per heavy atom. The molecule has 2 N–H and O–H groups in total. The minimum atomic E-state index is -0.633. The largest absolute Gasteiger partial charge is 0.496 e. The van der Waals surface area contributed by atoms with Gasteiger partial charge in [0.05, 0.1) is 25.3 Å². The van der Waals surface area contributed by atoms with Crippen molar-refractivity contribution in [1.29, 1.82) is 0 Å². The van der Waals surface area contributed by atoms with Crippen molar-refractivity contribution in [3.8, 4) is 5.75 Å². The fraction of sp³-hybridized carbons (Fsp3) is 0.286. The molecule has 0 radical (unpaired) electrons. The van der Waals surface area contributed by atoms with Crippen LogP contribution in [0.4, 0.5) is 5.13 Å². The zero-order valence-corrected chi connectivity index (χ0v) is 12.1. The Hall–Kier alpha value is -1.92. The summed E-state index contributed by atoms with van der Waals surface area (Å²) in [6, 6.07) is 7.38. The lowest BCUT2D eigenvalue weighted by Gasteiger charge is -2.07. The van der Waals surface area contributed by atoms with Crippen molar-refractivity contribution in [3.63, 3.8) is 0 Å². The molecular formula is C14H16N2O3S. The number of hydrogen-bond donors (Lipinski definition) is 2. The van der Waals surface area contributed by atoms with Crippen molar-refractivity contribution < 1.29 is 14.6 Å². The number of ether oxygens (including phenoxy) is 1. The molecule has 1 unspecified atom stereocenters. The summed E-state index contributed by atoms with van der Waals surface area (Å²) in [4.78, 5) is 16.1. The predicted molar refractivity (Wildman–Crippen MR) is 78.1 cm³/mol. The predicted octanol–water partition coefficient (Wildman–Crippen LogP) is 2.39. The van der Waals surface area contributed by atoms with E-state index in [1.165, 1.54) is 11.3 Å². The molecule has 0 saturated heterocycles. The first-order chi connectivity index (χ1) is 9.60. The van der Waals surface area contributed by atoms with Crippen LogP contribution in [-0.2, 0) is 11.2 Å². The monoisotopic (exact) mass is 292 g/mol. The summed E-state index contributed by atoms with van der Waals surface area (Å²) in [5, 5.41) is 14.3. The Morgan fingerprint density at radius 1 is 1.50 bits per heavy atom. The molecule has 1 amide bonds. The number of aliphatic hydroxyl groups excluding tert-OH is 1. The molecular weight excluding hydrogens is 276 g/mol. The average Bonchev–Trinajstić information content (AvgIpc) is 2.88. The Morgan fingerprint density at radius 3 is 2.90 bits per heavy atom. The number of carbonyl (C=O) groups is 1. The average molecular weight is 292 g/mol. The van der Waals surface area contributed by atoms with Crippen LogP contribution in [0.15, 0.2) is 29.6 Å². The standard InChI is InChI=1S/C14H16N2O3S/c1-9(17)11-8-20-14(15-11)16-13(18)7-10-5-3-4-6-12(10)19-2/h3-6,8-9,17H,7H2,1-2H3,(H,15,16,18). The highest BCUT2D eigenvalue weighted by atomic mass is 32.1. The van der Waals surface area contributed by atoms with Crippen LogP contribution in [0.25, 0.3) is 0 Å². The summed E-state index contributed by atoms with van der Waals surface area (Å²) in [7, 11) is 1.58. The van der Waals surface area contributed by atoms with Gasteiger partial charge in [-0.3, -0.25) is 4.79 Å². The van der Waals surface area contributed by atoms with E-state index in [1.54, 1.807) is 19.4 Å². The minimum Gasteiger partial charge on any atom is -0.496 e. The Bertz CT molecular complexity index is 596. The zero-order chi connectivity index (χ0) is 14.5. The van der Waals surface area contributed by atoms with Crippen LogP contribution in [0.3, 0.4) is 0 Å². The molecule has 2 rings (SSSR count). The first-order valence-electron chi connectivity index (χ1n) is 6.15. The molecule has 1 atom stereocenters. The number of thiazole rings is 1. The van der Waals surface area contributed by atoms with Gasteiger partial charge >= 0.3 is 0 Å². The van der Waals surface area contributed by atoms with E-state index in [0.29, 0.717) is 16.6 Å². The van der Waals surface area contributed by atoms with Crippen molar-refractivity contribution >= 4 is 22.4 Å². The topological polar surface area (TPSA) is 71.5 Å². The summed E-state index contributed by atoms with van der Waals surface area (Å²) in [5.74, 6) is 0.521. The number of hydrogen-bond acceptors (Lipinski definition) is 5. The summed E-state index contributed by atoms with van der Waals surface area (Å²) in [6.45, 7) is 1.63. The molecule has 1 heterocycles. The van der Waals surface area contributed by atoms with E-state index in [1.807, 2.05) is 24.3 Å². The number of benzene rings is 1. The van der Waals surface area contributed by atoms with Crippen molar-refractivity contribution in [2.24, 2.45) is 0 Å². The Balaban J connectivity index is 2.01. The maximum Gasteiger partial charge on any atom is 0.230 e. The van der Waals surface area contributed by atoms with Gasteiger partial charge in [-0.05, 0) is 13.0 Å². The van der Waals surface area contributed by atoms with Gasteiger partial charge in [0.25, 0.3) is 0 Å². The van der Waals surface area contributed by atoms with Gasteiger partial charge in [-0.1, -0.05) is 18.2 Å². The first kappa shape index (κ1) is 14.5. The van der Waals surface area contributed by atoms with E-state index in [4.69, 9.17) is 4.74 Å². The van der Waals surface area contributed by atoms with Gasteiger partial charge in [0.15, 0.2) is 5.13 Å². The number of aromatic nitrogens is 1. The number of para-hydroxylation sites is 1. The minimum absolute atomic E-state index is 0.166. The van der Waals surface area contributed by atoms with Crippen LogP contribution in [0, 0.1) is 0 Å². The number of nitrogens with zero attached hydrogens (tertiary/aromatic N) is 1. The van der Waals surface area contributed by atoms with Crippen LogP contribution in [-0.4, -0.2) is 23.1 Å². The van der Waals surface area contributed by atoms with Gasteiger partial charge < -0.3 is 15.2 Å². The fourth-order valence-electron chi connectivity index (χ4n) is 1.72. The smallest absolute Gasteiger partial charge is 0.230 e. The van der Waals surface area contributed by atoms with E-state index in [9.17, 15) is 9.90 Å². The normalized spacial score (nSPS) is 11.9. The van der Waals surface area contributed by atoms with E-state index >= 15 is 0 Å². The molecule has 0 saturated carbocycles. The summed E-state index contributed by atoms with van der Waals surface area (Å²) < 4.78 is 5.21. The molecule has 1 aromatic carbocycles. The van der Waals surface area contributed by atoms with E-state index in [0.717, 1.165) is 5.56 Å². The molecule has 1 aromatic heterocycles. The second-order valence-corrected chi connectivity index (χ2v) is 5.15. The summed E-state index contributed by atoms with van der Waals surface area (Å²) in [6.07, 6.45) is -0.417. The first-order valence-corrected chi connectivity index (χ1v) is 7.03. The molecule has 0 aliphatic rings. The molecule has 0 spiro atoms. The van der Waals surface area contributed by atoms with Crippen LogP contribution in [0.2, 0.25) is 0 Å². The van der Waals surface area contributed by atoms with Gasteiger partial charge in [-0.2, -0.15) is 0 Å². The van der Waals surface area contributed by atoms with Gasteiger partial charge in [-0.15, -0.1) is 11.3 Å². The van der Waals surface area contributed by atoms with Crippen LogP contribution in [0.5, 0.6) is 5.75 Å². The molecule has 0 aliphatic heterocycles. The van der Waals surface area contributed by atoms with Crippen molar-refractivity contribution in [2.75, 3.05) is 12.4 Å². The lowest BCUT2D eigenvalue weighted by Crippen LogP contribution is -2.14. The highest BCUT2D eigenvalue weighted by Crippen LogP contribution is 2.22. The molecule has 20 heavy (non-hydrogen) atoms. The van der Waals surface area contributed by atoms with Crippen molar-refractivity contribution in [2.45, 2.75) is 19.4 Å². The third-order valence-electron chi connectivity index (χ3n) is 2.74. The molecule has 0 bridgehead atoms. The zero-order valence-electron chi connectivity index (χ0n) is 11.3. The van der Waals surface area contributed by atoms with Crippen molar-refractivity contribution in [3.05, 3.63) is 40.9 Å². The third-order valence-corrected chi connectivity index (χ3v) is 3.52. The van der Waals surface area contributed by atoms with E-state index < -0.39 is 6.10 Å². The lowest BCUT2D eigenvalue weighted by molar-refractivity contribution is -0.115. The molecule has 2 aromatic rings. The molecule has 0 aliphatic carbocycles. The molecule has 5 nitrogen and oxygen atoms in total. The molecule has 106 valence electrons. The third kappa shape index (κ3) is 3.55. The van der Waals surface area contributed by atoms with E-state index in [-0.39, 0.29) is 12.3 Å². The number of methoxy groups -OCH3 is 1. The van der Waals surface area contributed by atoms with Crippen LogP contribution >= 0.6 is 11.3 Å². The second-order valence-electron chi connectivity index (χ2n) is 4.29. The maximum atomic E-state index is 12.0. The number of carbonyl (C=O) groups excluding carboxylic acids is 1. The number of nitrogens with one attached hydrogen (secondary N) is 1. The Labute approximate surface area is 121 Å². The number of rotatable bonds is 5. The van der Waals surface area contributed by atoms with Crippen LogP contribution in [0.1, 0.15) is 24.3 Å². The second kappa shape index (κ2) is 6.49. The van der Waals surface area contributed by atoms with Gasteiger partial charge in [0.1, 0.15) is 5.75 Å². The van der Waals surface area contributed by atoms with Gasteiger partial charge in [0.2, 0.25) is 5.91 Å². The highest BCUT2D eigenvalue weighted by Gasteiger charge is 2.12. The van der Waals surface area contributed by atoms with Gasteiger partial charge in [0, 0.05) is 10.9 Å². The maximum absolute atomic E-state index is 12.0. The summed E-state index contributed by atoms with van der Waals surface area (Å²) >= 11 is 1.29. The Kier molecular flexibility index (Phi) is 4.70. The highest BCUT2D eigenvalue weighted by molar-refractivity contribution is 7.13. The number of anilines is 1. The lowest BCUT2D eigenvalue weighted by atomic mass is 10.1. The summed E-state index contributed by atoms with van der Waals surface area (Å²) in [5.41, 5.74) is 1.38. The van der Waals surface area contributed by atoms with Gasteiger partial charge in [-0.25, -0.2) is 4.98 Å². The fourth-order valence-corrected chi connectivity index (χ4v) is 2.53. The number of aliphatic hydroxyl groups is 1. The molecule has 6 heteroatoms.